The third kappa shape index (κ3) is 4.27. The van der Waals surface area contributed by atoms with Gasteiger partial charge in [-0.05, 0) is 25.0 Å². The molecule has 2 atom stereocenters. The molecule has 0 radical (unpaired) electrons. The summed E-state index contributed by atoms with van der Waals surface area (Å²) in [5, 5.41) is 2.66. The zero-order valence-electron chi connectivity index (χ0n) is 11.9. The summed E-state index contributed by atoms with van der Waals surface area (Å²) in [6.45, 7) is 5.83. The monoisotopic (exact) mass is 301 g/mol. The van der Waals surface area contributed by atoms with E-state index in [9.17, 15) is 9.59 Å². The average molecular weight is 302 g/mol. The number of carbonyl (C=O) groups is 2. The molecule has 6 heteroatoms. The molecular weight excluding hydrogens is 282 g/mol. The molecule has 0 aliphatic carbocycles. The Morgan fingerprint density at radius 1 is 1.40 bits per heavy atom. The lowest BCUT2D eigenvalue weighted by atomic mass is 9.99. The Hall–Kier alpha value is -1.49. The zero-order valence-corrected chi connectivity index (χ0v) is 12.7. The fraction of sp³-hybridized carbons (Fsp3) is 0.571. The molecule has 1 heterocycles. The molecule has 1 aromatic rings. The number of nitrogens with one attached hydrogen (secondary N) is 1. The van der Waals surface area contributed by atoms with Crippen LogP contribution >= 0.6 is 11.6 Å². The molecule has 0 saturated heterocycles. The van der Waals surface area contributed by atoms with Crippen LogP contribution in [0.4, 0.5) is 0 Å². The van der Waals surface area contributed by atoms with Crippen molar-refractivity contribution >= 4 is 23.5 Å². The number of hydrogen-bond acceptors (Lipinski definition) is 4. The molecule has 0 aliphatic heterocycles. The highest BCUT2D eigenvalue weighted by Gasteiger charge is 2.28. The second-order valence-corrected chi connectivity index (χ2v) is 4.76. The van der Waals surface area contributed by atoms with Crippen LogP contribution in [-0.2, 0) is 15.4 Å². The summed E-state index contributed by atoms with van der Waals surface area (Å²) >= 11 is 5.62. The van der Waals surface area contributed by atoms with Crippen LogP contribution in [0.5, 0.6) is 0 Å². The topological polar surface area (TPSA) is 68.5 Å². The van der Waals surface area contributed by atoms with Gasteiger partial charge in [0.25, 0.3) is 5.91 Å². The van der Waals surface area contributed by atoms with Gasteiger partial charge in [0.2, 0.25) is 0 Å². The molecule has 0 saturated carbocycles. The van der Waals surface area contributed by atoms with Crippen LogP contribution in [0.2, 0.25) is 0 Å². The molecule has 0 fully saturated rings. The summed E-state index contributed by atoms with van der Waals surface area (Å²) in [5.74, 6) is -0.0641. The van der Waals surface area contributed by atoms with E-state index in [4.69, 9.17) is 20.8 Å². The van der Waals surface area contributed by atoms with Crippen LogP contribution in [0, 0.1) is 5.92 Å². The molecule has 1 rings (SSSR count). The Bertz CT molecular complexity index is 458. The standard InChI is InChI=1S/C14H20ClNO4/c1-4-9(3)12(14(18)19-5-2)16-13(17)11-7-6-10(8-15)20-11/h6-7,9,12H,4-5,8H2,1-3H3,(H,16,17). The fourth-order valence-electron chi connectivity index (χ4n) is 1.69. The fourth-order valence-corrected chi connectivity index (χ4v) is 1.83. The number of amides is 1. The number of carbonyl (C=O) groups excluding carboxylic acids is 2. The quantitative estimate of drug-likeness (QED) is 0.621. The van der Waals surface area contributed by atoms with E-state index in [0.717, 1.165) is 6.42 Å². The number of alkyl halides is 1. The van der Waals surface area contributed by atoms with Crippen molar-refractivity contribution in [3.05, 3.63) is 23.7 Å². The number of esters is 1. The maximum absolute atomic E-state index is 12.1. The Morgan fingerprint density at radius 3 is 2.60 bits per heavy atom. The zero-order chi connectivity index (χ0) is 15.1. The third-order valence-corrected chi connectivity index (χ3v) is 3.32. The van der Waals surface area contributed by atoms with Crippen molar-refractivity contribution in [1.29, 1.82) is 0 Å². The van der Waals surface area contributed by atoms with E-state index >= 15 is 0 Å². The van der Waals surface area contributed by atoms with Gasteiger partial charge in [-0.3, -0.25) is 4.79 Å². The van der Waals surface area contributed by atoms with Crippen LogP contribution in [0.3, 0.4) is 0 Å². The molecular formula is C14H20ClNO4. The summed E-state index contributed by atoms with van der Waals surface area (Å²) in [5.41, 5.74) is 0. The lowest BCUT2D eigenvalue weighted by molar-refractivity contribution is -0.146. The number of hydrogen-bond donors (Lipinski definition) is 1. The van der Waals surface area contributed by atoms with Crippen molar-refractivity contribution in [2.75, 3.05) is 6.61 Å². The Morgan fingerprint density at radius 2 is 2.10 bits per heavy atom. The predicted octanol–water partition coefficient (Wildman–Crippen LogP) is 2.73. The number of ether oxygens (including phenoxy) is 1. The Labute approximate surface area is 123 Å². The Kier molecular flexibility index (Phi) is 6.58. The van der Waals surface area contributed by atoms with Crippen molar-refractivity contribution in [3.8, 4) is 0 Å². The van der Waals surface area contributed by atoms with Gasteiger partial charge in [-0.15, -0.1) is 11.6 Å². The van der Waals surface area contributed by atoms with Crippen molar-refractivity contribution in [1.82, 2.24) is 5.32 Å². The van der Waals surface area contributed by atoms with E-state index in [1.165, 1.54) is 6.07 Å². The Balaban J connectivity index is 2.78. The van der Waals surface area contributed by atoms with Crippen LogP contribution < -0.4 is 5.32 Å². The minimum absolute atomic E-state index is 0.0274. The van der Waals surface area contributed by atoms with Crippen molar-refractivity contribution < 1.29 is 18.7 Å². The van der Waals surface area contributed by atoms with Gasteiger partial charge in [-0.25, -0.2) is 4.79 Å². The first-order chi connectivity index (χ1) is 9.53. The van der Waals surface area contributed by atoms with Gasteiger partial charge < -0.3 is 14.5 Å². The van der Waals surface area contributed by atoms with Crippen molar-refractivity contribution in [2.45, 2.75) is 39.1 Å². The maximum atomic E-state index is 12.1. The summed E-state index contributed by atoms with van der Waals surface area (Å²) in [6.07, 6.45) is 0.745. The number of rotatable bonds is 7. The molecule has 112 valence electrons. The van der Waals surface area contributed by atoms with E-state index in [2.05, 4.69) is 5.32 Å². The molecule has 1 N–H and O–H groups in total. The van der Waals surface area contributed by atoms with Crippen LogP contribution in [0.25, 0.3) is 0 Å². The van der Waals surface area contributed by atoms with Gasteiger partial charge >= 0.3 is 5.97 Å². The van der Waals surface area contributed by atoms with Gasteiger partial charge in [0, 0.05) is 0 Å². The molecule has 0 spiro atoms. The van der Waals surface area contributed by atoms with E-state index in [-0.39, 0.29) is 24.2 Å². The molecule has 1 amide bonds. The highest BCUT2D eigenvalue weighted by Crippen LogP contribution is 2.13. The van der Waals surface area contributed by atoms with Crippen molar-refractivity contribution in [3.63, 3.8) is 0 Å². The third-order valence-electron chi connectivity index (χ3n) is 3.06. The number of furan rings is 1. The normalized spacial score (nSPS) is 13.6. The second-order valence-electron chi connectivity index (χ2n) is 4.49. The lowest BCUT2D eigenvalue weighted by Crippen LogP contribution is -2.45. The first-order valence-corrected chi connectivity index (χ1v) is 7.19. The van der Waals surface area contributed by atoms with Crippen LogP contribution in [-0.4, -0.2) is 24.5 Å². The second kappa shape index (κ2) is 7.94. The summed E-state index contributed by atoms with van der Waals surface area (Å²) in [7, 11) is 0. The average Bonchev–Trinajstić information content (AvgIpc) is 2.92. The smallest absolute Gasteiger partial charge is 0.328 e. The highest BCUT2D eigenvalue weighted by atomic mass is 35.5. The summed E-state index contributed by atoms with van der Waals surface area (Å²) in [4.78, 5) is 23.9. The molecule has 2 unspecified atom stereocenters. The van der Waals surface area contributed by atoms with Crippen LogP contribution in [0.15, 0.2) is 16.5 Å². The van der Waals surface area contributed by atoms with E-state index in [1.54, 1.807) is 13.0 Å². The highest BCUT2D eigenvalue weighted by molar-refractivity contribution is 6.16. The van der Waals surface area contributed by atoms with Gasteiger partial charge in [-0.1, -0.05) is 20.3 Å². The van der Waals surface area contributed by atoms with Gasteiger partial charge in [-0.2, -0.15) is 0 Å². The predicted molar refractivity (Wildman–Crippen MR) is 75.6 cm³/mol. The lowest BCUT2D eigenvalue weighted by Gasteiger charge is -2.21. The van der Waals surface area contributed by atoms with Gasteiger partial charge in [0.15, 0.2) is 5.76 Å². The van der Waals surface area contributed by atoms with Gasteiger partial charge in [0.1, 0.15) is 11.8 Å². The molecule has 0 aromatic carbocycles. The SMILES string of the molecule is CCOC(=O)C(NC(=O)c1ccc(CCl)o1)C(C)CC. The largest absolute Gasteiger partial charge is 0.464 e. The van der Waals surface area contributed by atoms with Gasteiger partial charge in [0.05, 0.1) is 12.5 Å². The number of halogens is 1. The first kappa shape index (κ1) is 16.6. The molecule has 1 aromatic heterocycles. The maximum Gasteiger partial charge on any atom is 0.328 e. The van der Waals surface area contributed by atoms with Crippen LogP contribution in [0.1, 0.15) is 43.5 Å². The first-order valence-electron chi connectivity index (χ1n) is 6.65. The minimum Gasteiger partial charge on any atom is -0.464 e. The van der Waals surface area contributed by atoms with Crippen molar-refractivity contribution in [2.24, 2.45) is 5.92 Å². The molecule has 0 bridgehead atoms. The minimum atomic E-state index is -0.683. The summed E-state index contributed by atoms with van der Waals surface area (Å²) in [6, 6.07) is 2.48. The van der Waals surface area contributed by atoms with E-state index in [0.29, 0.717) is 5.76 Å². The molecule has 5 nitrogen and oxygen atoms in total. The molecule has 0 aliphatic rings. The summed E-state index contributed by atoms with van der Waals surface area (Å²) < 4.78 is 10.2. The van der Waals surface area contributed by atoms with E-state index < -0.39 is 17.9 Å². The molecule has 20 heavy (non-hydrogen) atoms. The van der Waals surface area contributed by atoms with E-state index in [1.807, 2.05) is 13.8 Å².